The maximum atomic E-state index is 6.14. The number of aromatic nitrogens is 6. The molecule has 6 aromatic carbocycles. The first-order chi connectivity index (χ1) is 26.4. The number of hydrogen-bond donors (Lipinski definition) is 0. The Morgan fingerprint density at radius 2 is 0.709 bits per heavy atom. The second kappa shape index (κ2) is 24.0. The van der Waals surface area contributed by atoms with E-state index in [0.717, 1.165) is 32.3 Å². The molecule has 272 valence electrons. The van der Waals surface area contributed by atoms with Crippen LogP contribution in [0.3, 0.4) is 0 Å². The maximum Gasteiger partial charge on any atom is 2.00 e. The number of nitrogens with zero attached hydrogens (tertiary/aromatic N) is 6. The summed E-state index contributed by atoms with van der Waals surface area (Å²) in [5.74, 6) is 1.70. The molecule has 2 aromatic heterocycles. The van der Waals surface area contributed by atoms with Gasteiger partial charge in [0.1, 0.15) is 0 Å². The first-order valence-corrected chi connectivity index (χ1v) is 24.7. The molecule has 0 amide bonds. The molecule has 0 aliphatic heterocycles. The maximum absolute atomic E-state index is 6.14. The number of hydrogen-bond acceptors (Lipinski definition) is 6. The molecule has 0 saturated heterocycles. The third kappa shape index (κ3) is 14.2. The molecule has 0 fully saturated rings. The van der Waals surface area contributed by atoms with Crippen LogP contribution < -0.4 is 0 Å². The first-order valence-electron chi connectivity index (χ1n) is 16.1. The van der Waals surface area contributed by atoms with Crippen LogP contribution in [0.15, 0.2) is 179 Å². The van der Waals surface area contributed by atoms with E-state index in [1.54, 1.807) is 0 Å². The van der Waals surface area contributed by atoms with Crippen LogP contribution in [0.4, 0.5) is 0 Å². The van der Waals surface area contributed by atoms with E-state index in [1.165, 1.54) is 11.1 Å². The molecule has 8 rings (SSSR count). The predicted molar refractivity (Wildman–Crippen MR) is 255 cm³/mol. The average molecular weight is 1130 g/mol. The van der Waals surface area contributed by atoms with Gasteiger partial charge in [-0.25, -0.2) is 9.97 Å². The molecule has 13 heteroatoms. The van der Waals surface area contributed by atoms with Crippen molar-refractivity contribution in [1.29, 1.82) is 0 Å². The fraction of sp³-hybridized carbons (Fsp3) is 0. The van der Waals surface area contributed by atoms with Gasteiger partial charge in [0, 0.05) is 58.4 Å². The van der Waals surface area contributed by atoms with Crippen molar-refractivity contribution < 1.29 is 2.85 Å². The Bertz CT molecular complexity index is 2360. The van der Waals surface area contributed by atoms with Gasteiger partial charge < -0.3 is 2.85 Å². The van der Waals surface area contributed by atoms with Crippen molar-refractivity contribution in [3.8, 4) is 56.4 Å². The smallest absolute Gasteiger partial charge is 1.00 e. The quantitative estimate of drug-likeness (QED) is 0.126. The molecule has 0 radical (unpaired) electrons. The van der Waals surface area contributed by atoms with E-state index >= 15 is 0 Å². The Hall–Kier alpha value is -2.89. The first kappa shape index (κ1) is 44.8. The third-order valence-corrected chi connectivity index (χ3v) is 8.60. The summed E-state index contributed by atoms with van der Waals surface area (Å²) in [5, 5.41) is 0.375. The summed E-state index contributed by atoms with van der Waals surface area (Å²) < 4.78 is 1.56. The van der Waals surface area contributed by atoms with E-state index < -0.39 is 0 Å². The van der Waals surface area contributed by atoms with Crippen LogP contribution in [0.25, 0.3) is 56.4 Å². The molecule has 0 atom stereocenters. The minimum atomic E-state index is 0. The summed E-state index contributed by atoms with van der Waals surface area (Å²) in [7, 11) is 0. The second-order valence-corrected chi connectivity index (χ2v) is 13.3. The van der Waals surface area contributed by atoms with Gasteiger partial charge in [0.15, 0.2) is 17.5 Å². The molecular weight excluding hydrogens is 1100 g/mol. The van der Waals surface area contributed by atoms with Gasteiger partial charge >= 0.3 is 23.1 Å². The van der Waals surface area contributed by atoms with E-state index in [2.05, 4.69) is 160 Å². The van der Waals surface area contributed by atoms with Crippen molar-refractivity contribution in [2.75, 3.05) is 0 Å². The monoisotopic (exact) mass is 1120 g/mol. The summed E-state index contributed by atoms with van der Waals surface area (Å²) in [5.41, 5.74) is 7.48. The normalized spacial score (nSPS) is 9.85. The molecule has 0 unspecified atom stereocenters. The van der Waals surface area contributed by atoms with Gasteiger partial charge in [-0.1, -0.05) is 168 Å². The van der Waals surface area contributed by atoms with Gasteiger partial charge in [-0.15, -0.1) is 0 Å². The van der Waals surface area contributed by atoms with Crippen LogP contribution in [0.1, 0.15) is 2.85 Å². The number of benzene rings is 6. The molecule has 0 saturated carbocycles. The molecule has 0 aliphatic rings. The van der Waals surface area contributed by atoms with E-state index in [-0.39, 0.29) is 36.5 Å². The summed E-state index contributed by atoms with van der Waals surface area (Å²) in [6, 6.07) is 56.3. The van der Waals surface area contributed by atoms with Crippen LogP contribution >= 0.6 is 92.3 Å². The Morgan fingerprint density at radius 1 is 0.364 bits per heavy atom. The standard InChI is InChI=1S/C21H14ClN3.C12H9Br.C9H5BrClN3.I2.Mg.2H/c22-21-24-19(16-10-5-2-6-11-16)23-20(25-21)18-13-7-12-17(14-18)15-8-3-1-4-9-15;13-12-8-4-7-11(9-12)10-5-2-1-3-6-10;10-8-12-7(13-9(11)14-8)6-4-2-1-3-5-6;1-2;;;/h1-14H;1-9H;1-5H;;;;/q;;;;+2;2*-1. The summed E-state index contributed by atoms with van der Waals surface area (Å²) >= 11 is 22.7. The van der Waals surface area contributed by atoms with Crippen molar-refractivity contribution in [1.82, 2.24) is 29.9 Å². The van der Waals surface area contributed by atoms with Crippen molar-refractivity contribution in [3.63, 3.8) is 0 Å². The van der Waals surface area contributed by atoms with Gasteiger partial charge in [0.2, 0.25) is 15.3 Å². The summed E-state index contributed by atoms with van der Waals surface area (Å²) in [6.45, 7) is 0. The van der Waals surface area contributed by atoms with E-state index in [9.17, 15) is 0 Å². The number of halogens is 6. The molecule has 0 N–H and O–H groups in total. The predicted octanol–water partition coefficient (Wildman–Crippen LogP) is 14.2. The van der Waals surface area contributed by atoms with Crippen molar-refractivity contribution in [2.45, 2.75) is 0 Å². The van der Waals surface area contributed by atoms with Gasteiger partial charge in [-0.2, -0.15) is 19.9 Å². The van der Waals surface area contributed by atoms with Crippen molar-refractivity contribution >= 4 is 115 Å². The Morgan fingerprint density at radius 3 is 1.16 bits per heavy atom. The third-order valence-electron chi connectivity index (χ3n) is 7.41. The molecule has 2 heterocycles. The fourth-order valence-corrected chi connectivity index (χ4v) is 6.16. The Labute approximate surface area is 389 Å². The van der Waals surface area contributed by atoms with E-state index in [0.29, 0.717) is 22.2 Å². The van der Waals surface area contributed by atoms with Crippen LogP contribution in [0, 0.1) is 0 Å². The zero-order chi connectivity index (χ0) is 38.1. The summed E-state index contributed by atoms with van der Waals surface area (Å²) in [4.78, 5) is 25.1. The zero-order valence-corrected chi connectivity index (χ0v) is 39.2. The topological polar surface area (TPSA) is 77.3 Å². The minimum absolute atomic E-state index is 0. The zero-order valence-electron chi connectivity index (χ0n) is 30.8. The Balaban J connectivity index is 0.000000302. The fourth-order valence-electron chi connectivity index (χ4n) is 5.00. The molecule has 6 nitrogen and oxygen atoms in total. The van der Waals surface area contributed by atoms with Gasteiger partial charge in [-0.05, 0) is 79.6 Å². The molecule has 55 heavy (non-hydrogen) atoms. The number of rotatable bonds is 5. The van der Waals surface area contributed by atoms with Crippen LogP contribution in [-0.2, 0) is 0 Å². The Kier molecular flexibility index (Phi) is 19.6. The van der Waals surface area contributed by atoms with Crippen LogP contribution in [-0.4, -0.2) is 53.0 Å². The SMILES string of the molecule is Brc1cccc(-c2ccccc2)c1.Clc1nc(-c2ccccc2)nc(-c2cccc(-c3ccccc3)c2)n1.Clc1nc(Br)nc(-c2ccccc2)n1.II.[H-].[H-].[Mg+2]. The largest absolute Gasteiger partial charge is 2.00 e. The van der Waals surface area contributed by atoms with Crippen molar-refractivity contribution in [2.24, 2.45) is 0 Å². The molecular formula is C42H30Br2Cl2I2MgN6. The molecule has 0 aliphatic carbocycles. The van der Waals surface area contributed by atoms with E-state index in [1.807, 2.05) is 109 Å². The molecule has 0 bridgehead atoms. The molecule has 0 spiro atoms. The minimum Gasteiger partial charge on any atom is -1.00 e. The second-order valence-electron chi connectivity index (χ2n) is 11.0. The van der Waals surface area contributed by atoms with Gasteiger partial charge in [-0.3, -0.25) is 0 Å². The van der Waals surface area contributed by atoms with Crippen molar-refractivity contribution in [3.05, 3.63) is 190 Å². The molecule has 8 aromatic rings. The van der Waals surface area contributed by atoms with Crippen LogP contribution in [0.2, 0.25) is 10.6 Å². The summed E-state index contributed by atoms with van der Waals surface area (Å²) in [6.07, 6.45) is 0. The van der Waals surface area contributed by atoms with Gasteiger partial charge in [0.05, 0.1) is 0 Å². The van der Waals surface area contributed by atoms with Crippen LogP contribution in [0.5, 0.6) is 0 Å². The average Bonchev–Trinajstić information content (AvgIpc) is 3.23. The van der Waals surface area contributed by atoms with E-state index in [4.69, 9.17) is 23.2 Å². The van der Waals surface area contributed by atoms with Gasteiger partial charge in [0.25, 0.3) is 0 Å².